The van der Waals surface area contributed by atoms with Crippen molar-refractivity contribution in [2.24, 2.45) is 0 Å². The highest BCUT2D eigenvalue weighted by Gasteiger charge is 2.34. The minimum Gasteiger partial charge on any atom is -0.327 e. The zero-order chi connectivity index (χ0) is 11.5. The lowest BCUT2D eigenvalue weighted by molar-refractivity contribution is -0.138. The molecule has 78 valence electrons. The van der Waals surface area contributed by atoms with Crippen molar-refractivity contribution >= 4 is 12.1 Å². The van der Waals surface area contributed by atoms with Gasteiger partial charge >= 0.3 is 6.18 Å². The van der Waals surface area contributed by atoms with Crippen molar-refractivity contribution in [2.75, 3.05) is 5.32 Å². The molecule has 4 nitrogen and oxygen atoms in total. The molecule has 0 bridgehead atoms. The minimum atomic E-state index is -4.67. The second-order valence-corrected chi connectivity index (χ2v) is 2.49. The van der Waals surface area contributed by atoms with E-state index in [1.54, 1.807) is 0 Å². The molecule has 1 rings (SSSR count). The van der Waals surface area contributed by atoms with Gasteiger partial charge in [0.25, 0.3) is 0 Å². The van der Waals surface area contributed by atoms with E-state index in [1.165, 1.54) is 6.07 Å². The van der Waals surface area contributed by atoms with Crippen molar-refractivity contribution < 1.29 is 18.0 Å². The zero-order valence-corrected chi connectivity index (χ0v) is 7.17. The predicted molar refractivity (Wildman–Crippen MR) is 43.6 cm³/mol. The van der Waals surface area contributed by atoms with Gasteiger partial charge in [-0.1, -0.05) is 0 Å². The molecule has 0 aliphatic rings. The van der Waals surface area contributed by atoms with E-state index in [2.05, 4.69) is 4.98 Å². The molecule has 1 heterocycles. The summed E-state index contributed by atoms with van der Waals surface area (Å²) < 4.78 is 37.0. The molecule has 0 saturated heterocycles. The van der Waals surface area contributed by atoms with Crippen LogP contribution in [0.4, 0.5) is 18.9 Å². The third kappa shape index (κ3) is 2.43. The zero-order valence-electron chi connectivity index (χ0n) is 7.17. The Balaban J connectivity index is 3.27. The topological polar surface area (TPSA) is 65.8 Å². The first-order valence-corrected chi connectivity index (χ1v) is 3.66. The molecule has 0 aliphatic carbocycles. The van der Waals surface area contributed by atoms with Crippen LogP contribution in [0.5, 0.6) is 0 Å². The van der Waals surface area contributed by atoms with Gasteiger partial charge in [0, 0.05) is 0 Å². The molecular weight excluding hydrogens is 211 g/mol. The number of pyridine rings is 1. The molecule has 0 saturated carbocycles. The van der Waals surface area contributed by atoms with Gasteiger partial charge < -0.3 is 5.32 Å². The number of nitrogens with zero attached hydrogens (tertiary/aromatic N) is 2. The lowest BCUT2D eigenvalue weighted by atomic mass is 10.2. The number of nitrogens with one attached hydrogen (secondary N) is 1. The number of carbonyl (C=O) groups excluding carboxylic acids is 1. The highest BCUT2D eigenvalue weighted by atomic mass is 19.4. The minimum absolute atomic E-state index is 0.115. The van der Waals surface area contributed by atoms with Crippen LogP contribution < -0.4 is 5.32 Å². The Morgan fingerprint density at radius 3 is 2.67 bits per heavy atom. The molecule has 1 amide bonds. The first kappa shape index (κ1) is 11.0. The Bertz CT molecular complexity index is 422. The summed E-state index contributed by atoms with van der Waals surface area (Å²) in [5.41, 5.74) is -2.01. The van der Waals surface area contributed by atoms with Crippen molar-refractivity contribution in [3.05, 3.63) is 23.5 Å². The first-order chi connectivity index (χ1) is 6.99. The number of nitriles is 1. The number of halogens is 3. The number of rotatable bonds is 2. The highest BCUT2D eigenvalue weighted by Crippen LogP contribution is 2.32. The summed E-state index contributed by atoms with van der Waals surface area (Å²) in [5, 5.41) is 10.4. The molecule has 1 aromatic heterocycles. The van der Waals surface area contributed by atoms with E-state index in [9.17, 15) is 18.0 Å². The van der Waals surface area contributed by atoms with Gasteiger partial charge in [0.05, 0.1) is 17.4 Å². The van der Waals surface area contributed by atoms with Gasteiger partial charge in [-0.15, -0.1) is 0 Å². The number of amides is 1. The largest absolute Gasteiger partial charge is 0.419 e. The maximum atomic E-state index is 12.3. The van der Waals surface area contributed by atoms with E-state index in [0.29, 0.717) is 6.07 Å². The average molecular weight is 215 g/mol. The SMILES string of the molecule is N#Cc1ncc(NC=O)cc1C(F)(F)F. The van der Waals surface area contributed by atoms with Crippen molar-refractivity contribution in [1.82, 2.24) is 4.98 Å². The summed E-state index contributed by atoms with van der Waals surface area (Å²) in [6.45, 7) is 0. The van der Waals surface area contributed by atoms with Gasteiger partial charge in [-0.2, -0.15) is 18.4 Å². The number of hydrogen-bond donors (Lipinski definition) is 1. The number of alkyl halides is 3. The van der Waals surface area contributed by atoms with E-state index in [-0.39, 0.29) is 12.1 Å². The Hall–Kier alpha value is -2.10. The van der Waals surface area contributed by atoms with Crippen molar-refractivity contribution in [3.8, 4) is 6.07 Å². The number of hydrogen-bond acceptors (Lipinski definition) is 3. The fourth-order valence-electron chi connectivity index (χ4n) is 0.917. The van der Waals surface area contributed by atoms with Gasteiger partial charge in [-0.25, -0.2) is 4.98 Å². The van der Waals surface area contributed by atoms with Crippen LogP contribution in [0.15, 0.2) is 12.3 Å². The molecular formula is C8H4F3N3O. The van der Waals surface area contributed by atoms with Crippen molar-refractivity contribution in [3.63, 3.8) is 0 Å². The molecule has 0 aromatic carbocycles. The Morgan fingerprint density at radius 1 is 1.53 bits per heavy atom. The quantitative estimate of drug-likeness (QED) is 0.761. The molecule has 0 fully saturated rings. The summed E-state index contributed by atoms with van der Waals surface area (Å²) in [4.78, 5) is 13.3. The predicted octanol–water partition coefficient (Wildman–Crippen LogP) is 1.54. The fraction of sp³-hybridized carbons (Fsp3) is 0.125. The second kappa shape index (κ2) is 3.96. The molecule has 0 unspecified atom stereocenters. The van der Waals surface area contributed by atoms with Crippen LogP contribution in [0.2, 0.25) is 0 Å². The number of carbonyl (C=O) groups is 1. The first-order valence-electron chi connectivity index (χ1n) is 3.66. The molecule has 7 heteroatoms. The third-order valence-electron chi connectivity index (χ3n) is 1.52. The standard InChI is InChI=1S/C8H4F3N3O/c9-8(10,11)6-1-5(14-4-15)3-13-7(6)2-12/h1,3-4H,(H,14,15). The van der Waals surface area contributed by atoms with Crippen LogP contribution in [-0.2, 0) is 11.0 Å². The molecule has 0 aliphatic heterocycles. The maximum Gasteiger partial charge on any atom is 0.419 e. The number of anilines is 1. The normalized spacial score (nSPS) is 10.5. The molecule has 0 spiro atoms. The summed E-state index contributed by atoms with van der Waals surface area (Å²) >= 11 is 0. The van der Waals surface area contributed by atoms with Gasteiger partial charge in [-0.3, -0.25) is 4.79 Å². The summed E-state index contributed by atoms with van der Waals surface area (Å²) in [7, 11) is 0. The van der Waals surface area contributed by atoms with Crippen LogP contribution in [0, 0.1) is 11.3 Å². The van der Waals surface area contributed by atoms with Crippen LogP contribution in [0.1, 0.15) is 11.3 Å². The smallest absolute Gasteiger partial charge is 0.327 e. The lowest BCUT2D eigenvalue weighted by Crippen LogP contribution is -2.10. The molecule has 15 heavy (non-hydrogen) atoms. The molecule has 0 atom stereocenters. The van der Waals surface area contributed by atoms with Crippen LogP contribution in [0.25, 0.3) is 0 Å². The third-order valence-corrected chi connectivity index (χ3v) is 1.52. The molecule has 1 aromatic rings. The van der Waals surface area contributed by atoms with E-state index >= 15 is 0 Å². The molecule has 0 radical (unpaired) electrons. The number of aromatic nitrogens is 1. The summed E-state index contributed by atoms with van der Waals surface area (Å²) in [6, 6.07) is 1.98. The Morgan fingerprint density at radius 2 is 2.20 bits per heavy atom. The summed E-state index contributed by atoms with van der Waals surface area (Å²) in [6.07, 6.45) is -3.47. The van der Waals surface area contributed by atoms with Gasteiger partial charge in [0.2, 0.25) is 6.41 Å². The maximum absolute atomic E-state index is 12.3. The van der Waals surface area contributed by atoms with Gasteiger partial charge in [-0.05, 0) is 6.07 Å². The fourth-order valence-corrected chi connectivity index (χ4v) is 0.917. The summed E-state index contributed by atoms with van der Waals surface area (Å²) in [5.74, 6) is 0. The Labute approximate surface area is 82.3 Å². The molecule has 1 N–H and O–H groups in total. The lowest BCUT2D eigenvalue weighted by Gasteiger charge is -2.08. The van der Waals surface area contributed by atoms with Crippen molar-refractivity contribution in [1.29, 1.82) is 5.26 Å². The average Bonchev–Trinajstić information content (AvgIpc) is 2.17. The van der Waals surface area contributed by atoms with Crippen molar-refractivity contribution in [2.45, 2.75) is 6.18 Å². The van der Waals surface area contributed by atoms with E-state index in [4.69, 9.17) is 5.26 Å². The van der Waals surface area contributed by atoms with Gasteiger partial charge in [0.1, 0.15) is 6.07 Å². The monoisotopic (exact) mass is 215 g/mol. The second-order valence-electron chi connectivity index (χ2n) is 2.49. The van der Waals surface area contributed by atoms with Crippen LogP contribution in [-0.4, -0.2) is 11.4 Å². The van der Waals surface area contributed by atoms with Crippen LogP contribution in [0.3, 0.4) is 0 Å². The van der Waals surface area contributed by atoms with E-state index in [0.717, 1.165) is 6.20 Å². The highest BCUT2D eigenvalue weighted by molar-refractivity contribution is 5.71. The van der Waals surface area contributed by atoms with E-state index < -0.39 is 17.4 Å². The van der Waals surface area contributed by atoms with Gasteiger partial charge in [0.15, 0.2) is 5.69 Å². The Kier molecular flexibility index (Phi) is 2.90. The van der Waals surface area contributed by atoms with Crippen LogP contribution >= 0.6 is 0 Å². The van der Waals surface area contributed by atoms with E-state index in [1.807, 2.05) is 5.32 Å².